The molecule has 2 aromatic carbocycles. The van der Waals surface area contributed by atoms with Crippen LogP contribution >= 0.6 is 0 Å². The van der Waals surface area contributed by atoms with Crippen molar-refractivity contribution < 1.29 is 4.79 Å². The zero-order valence-corrected chi connectivity index (χ0v) is 24.5. The van der Waals surface area contributed by atoms with Crippen LogP contribution in [0, 0.1) is 6.92 Å². The first kappa shape index (κ1) is 26.6. The fourth-order valence-electron chi connectivity index (χ4n) is 6.90. The number of rotatable bonds is 4. The van der Waals surface area contributed by atoms with Crippen LogP contribution in [0.25, 0.3) is 16.9 Å². The maximum absolute atomic E-state index is 13.8. The number of amides is 1. The minimum Gasteiger partial charge on any atom is -0.359 e. The number of likely N-dealkylation sites (N-methyl/N-ethyl adjacent to an activating group) is 1. The zero-order valence-electron chi connectivity index (χ0n) is 24.5. The molecule has 0 unspecified atom stereocenters. The second-order valence-electron chi connectivity index (χ2n) is 12.1. The highest BCUT2D eigenvalue weighted by Crippen LogP contribution is 2.44. The van der Waals surface area contributed by atoms with Gasteiger partial charge in [-0.3, -0.25) is 4.79 Å². The van der Waals surface area contributed by atoms with Crippen molar-refractivity contribution in [3.05, 3.63) is 72.1 Å². The smallest absolute Gasteiger partial charge is 0.274 e. The van der Waals surface area contributed by atoms with E-state index in [0.29, 0.717) is 24.8 Å². The number of nitrogens with zero attached hydrogens (tertiary/aromatic N) is 5. The summed E-state index contributed by atoms with van der Waals surface area (Å²) in [4.78, 5) is 20.5. The minimum atomic E-state index is -0.0116. The Balaban J connectivity index is 1.46. The molecule has 2 aliphatic heterocycles. The number of benzene rings is 2. The van der Waals surface area contributed by atoms with Gasteiger partial charge in [0.05, 0.1) is 28.8 Å². The number of hydrogen-bond donors (Lipinski definition) is 1. The summed E-state index contributed by atoms with van der Waals surface area (Å²) in [7, 11) is 2.12. The van der Waals surface area contributed by atoms with Gasteiger partial charge >= 0.3 is 0 Å². The molecule has 40 heavy (non-hydrogen) atoms. The summed E-state index contributed by atoms with van der Waals surface area (Å²) < 4.78 is 1.94. The lowest BCUT2D eigenvalue weighted by Crippen LogP contribution is -2.55. The van der Waals surface area contributed by atoms with E-state index in [2.05, 4.69) is 98.9 Å². The first-order valence-corrected chi connectivity index (χ1v) is 14.8. The first-order chi connectivity index (χ1) is 19.2. The van der Waals surface area contributed by atoms with E-state index in [9.17, 15) is 4.79 Å². The van der Waals surface area contributed by atoms with E-state index >= 15 is 0 Å². The van der Waals surface area contributed by atoms with Gasteiger partial charge in [0.1, 0.15) is 0 Å². The summed E-state index contributed by atoms with van der Waals surface area (Å²) in [5, 5.41) is 8.45. The molecule has 0 spiro atoms. The van der Waals surface area contributed by atoms with E-state index in [1.807, 2.05) is 15.6 Å². The summed E-state index contributed by atoms with van der Waals surface area (Å²) in [5.74, 6) is -0.0116. The molecule has 6 rings (SSSR count). The summed E-state index contributed by atoms with van der Waals surface area (Å²) in [6.07, 6.45) is 4.99. The van der Waals surface area contributed by atoms with Gasteiger partial charge in [-0.1, -0.05) is 43.2 Å². The second kappa shape index (κ2) is 10.4. The molecule has 1 N–H and O–H groups in total. The van der Waals surface area contributed by atoms with Crippen LogP contribution in [0.1, 0.15) is 62.5 Å². The van der Waals surface area contributed by atoms with Crippen molar-refractivity contribution in [2.75, 3.05) is 29.9 Å². The normalized spacial score (nSPS) is 23.6. The van der Waals surface area contributed by atoms with Gasteiger partial charge in [0.15, 0.2) is 5.69 Å². The minimum absolute atomic E-state index is 0.0116. The van der Waals surface area contributed by atoms with Crippen molar-refractivity contribution in [2.24, 2.45) is 0 Å². The van der Waals surface area contributed by atoms with Crippen LogP contribution in [0.2, 0.25) is 0 Å². The molecule has 3 atom stereocenters. The van der Waals surface area contributed by atoms with Crippen LogP contribution in [-0.4, -0.2) is 64.9 Å². The Hall–Kier alpha value is -3.58. The fraction of sp³-hybridized carbons (Fsp3) is 0.455. The highest BCUT2D eigenvalue weighted by atomic mass is 16.2. The van der Waals surface area contributed by atoms with Crippen molar-refractivity contribution in [1.82, 2.24) is 20.0 Å². The lowest BCUT2D eigenvalue weighted by atomic mass is 9.99. The topological polar surface area (TPSA) is 56.6 Å². The summed E-state index contributed by atoms with van der Waals surface area (Å²) >= 11 is 0. The van der Waals surface area contributed by atoms with Crippen LogP contribution in [0.4, 0.5) is 11.4 Å². The van der Waals surface area contributed by atoms with Gasteiger partial charge in [0.2, 0.25) is 0 Å². The lowest BCUT2D eigenvalue weighted by Gasteiger charge is -2.46. The van der Waals surface area contributed by atoms with Gasteiger partial charge in [-0.25, -0.2) is 4.68 Å². The molecule has 2 fully saturated rings. The van der Waals surface area contributed by atoms with Gasteiger partial charge in [-0.15, -0.1) is 0 Å². The molecular weight excluding hydrogens is 496 g/mol. The number of fused-ring (bicyclic) bond motifs is 1. The standard InChI is InChI=1S/C33H42N6O/c1-21-11-14-28(15-12-21)39-31(18-29(35-39)33(40)37-19-22(2)34-23(3)20-37)26-13-16-30-32(17-26)38(27-9-7-8-10-27)25(5)24(4)36(30)6/h11-18,22-23,25,27,34H,4,7-10,19-20H2,1-3,5-6H3/t22-,23+,25-/m1/s1. The molecule has 1 aromatic heterocycles. The largest absolute Gasteiger partial charge is 0.359 e. The van der Waals surface area contributed by atoms with E-state index in [1.54, 1.807) is 0 Å². The highest BCUT2D eigenvalue weighted by Gasteiger charge is 2.36. The molecule has 3 aromatic rings. The molecule has 1 saturated carbocycles. The number of aromatic nitrogens is 2. The quantitative estimate of drug-likeness (QED) is 0.457. The Morgan fingerprint density at radius 1 is 0.950 bits per heavy atom. The van der Waals surface area contributed by atoms with Crippen LogP contribution in [0.3, 0.4) is 0 Å². The van der Waals surface area contributed by atoms with Crippen molar-refractivity contribution in [1.29, 1.82) is 0 Å². The van der Waals surface area contributed by atoms with Gasteiger partial charge < -0.3 is 20.0 Å². The van der Waals surface area contributed by atoms with Crippen molar-refractivity contribution in [3.8, 4) is 16.9 Å². The molecule has 7 heteroatoms. The lowest BCUT2D eigenvalue weighted by molar-refractivity contribution is 0.0667. The van der Waals surface area contributed by atoms with Crippen LogP contribution in [0.15, 0.2) is 60.8 Å². The van der Waals surface area contributed by atoms with E-state index < -0.39 is 0 Å². The van der Waals surface area contributed by atoms with Gasteiger partial charge in [0, 0.05) is 49.5 Å². The predicted octanol–water partition coefficient (Wildman–Crippen LogP) is 5.77. The number of piperazine rings is 1. The fourth-order valence-corrected chi connectivity index (χ4v) is 6.90. The van der Waals surface area contributed by atoms with Crippen LogP contribution in [-0.2, 0) is 0 Å². The average molecular weight is 539 g/mol. The summed E-state index contributed by atoms with van der Waals surface area (Å²) in [5.41, 5.74) is 8.16. The van der Waals surface area contributed by atoms with Crippen molar-refractivity contribution >= 4 is 17.3 Å². The summed E-state index contributed by atoms with van der Waals surface area (Å²) in [6.45, 7) is 14.4. The Labute approximate surface area is 238 Å². The molecule has 1 amide bonds. The van der Waals surface area contributed by atoms with Crippen LogP contribution in [0.5, 0.6) is 0 Å². The Morgan fingerprint density at radius 3 is 2.30 bits per heavy atom. The monoisotopic (exact) mass is 538 g/mol. The van der Waals surface area contributed by atoms with Gasteiger partial charge in [-0.2, -0.15) is 5.10 Å². The third-order valence-electron chi connectivity index (χ3n) is 9.01. The number of hydrogen-bond acceptors (Lipinski definition) is 5. The Kier molecular flexibility index (Phi) is 6.95. The SMILES string of the molecule is C=C1[C@@H](C)N(C2CCCC2)c2cc(-c3cc(C(=O)N4C[C@@H](C)N[C@@H](C)C4)nn3-c3ccc(C)cc3)ccc2N1C. The molecule has 0 radical (unpaired) electrons. The number of nitrogens with one attached hydrogen (secondary N) is 1. The highest BCUT2D eigenvalue weighted by molar-refractivity contribution is 5.94. The maximum Gasteiger partial charge on any atom is 0.274 e. The molecule has 210 valence electrons. The Morgan fingerprint density at radius 2 is 1.62 bits per heavy atom. The number of anilines is 2. The molecule has 3 heterocycles. The number of carbonyl (C=O) groups is 1. The molecule has 1 aliphatic carbocycles. The first-order valence-electron chi connectivity index (χ1n) is 14.8. The van der Waals surface area contributed by atoms with Crippen molar-refractivity contribution in [2.45, 2.75) is 77.5 Å². The summed E-state index contributed by atoms with van der Waals surface area (Å²) in [6, 6.07) is 18.3. The van der Waals surface area contributed by atoms with Gasteiger partial charge in [0.25, 0.3) is 5.91 Å². The molecule has 3 aliphatic rings. The molecule has 1 saturated heterocycles. The van der Waals surface area contributed by atoms with Crippen LogP contribution < -0.4 is 15.1 Å². The van der Waals surface area contributed by atoms with E-state index in [1.165, 1.54) is 42.6 Å². The van der Waals surface area contributed by atoms with Crippen molar-refractivity contribution in [3.63, 3.8) is 0 Å². The van der Waals surface area contributed by atoms with E-state index in [-0.39, 0.29) is 24.0 Å². The molecule has 7 nitrogen and oxygen atoms in total. The van der Waals surface area contributed by atoms with E-state index in [0.717, 1.165) is 22.6 Å². The maximum atomic E-state index is 13.8. The second-order valence-corrected chi connectivity index (χ2v) is 12.1. The average Bonchev–Trinajstić information content (AvgIpc) is 3.62. The molecular formula is C33H42N6O. The number of aryl methyl sites for hydroxylation is 1. The van der Waals surface area contributed by atoms with E-state index in [4.69, 9.17) is 5.10 Å². The zero-order chi connectivity index (χ0) is 28.1. The number of carbonyl (C=O) groups excluding carboxylic acids is 1. The third kappa shape index (κ3) is 4.70. The molecule has 0 bridgehead atoms. The third-order valence-corrected chi connectivity index (χ3v) is 9.01. The van der Waals surface area contributed by atoms with Gasteiger partial charge in [-0.05, 0) is 70.9 Å². The Bertz CT molecular complexity index is 1410. The predicted molar refractivity (Wildman–Crippen MR) is 163 cm³/mol.